The number of rotatable bonds is 5. The van der Waals surface area contributed by atoms with Gasteiger partial charge < -0.3 is 20.6 Å². The largest absolute Gasteiger partial charge is 0.388 e. The standard InChI is InChI=1S/C22H33N3O3/c1-3-14-23-21(27)25-15-13-22(2,28)19(18(25)16-9-5-4-6-10-16)24-20(26)17-11-7-8-12-17/h4-6,9-10,17-19,28H,3,7-8,11-15H2,1-2H3,(H,23,27)(H,24,26). The molecule has 3 unspecified atom stereocenters. The minimum atomic E-state index is -1.09. The van der Waals surface area contributed by atoms with Gasteiger partial charge in [-0.15, -0.1) is 0 Å². The Bertz CT molecular complexity index is 671. The lowest BCUT2D eigenvalue weighted by Crippen LogP contribution is -2.64. The predicted octanol–water partition coefficient (Wildman–Crippen LogP) is 2.98. The summed E-state index contributed by atoms with van der Waals surface area (Å²) in [5.41, 5.74) is -0.165. The third-order valence-electron chi connectivity index (χ3n) is 6.13. The van der Waals surface area contributed by atoms with Crippen LogP contribution in [0.25, 0.3) is 0 Å². The summed E-state index contributed by atoms with van der Waals surface area (Å²) in [5.74, 6) is 0.0102. The Morgan fingerprint density at radius 3 is 2.54 bits per heavy atom. The first-order chi connectivity index (χ1) is 13.4. The predicted molar refractivity (Wildman–Crippen MR) is 109 cm³/mol. The molecule has 154 valence electrons. The van der Waals surface area contributed by atoms with Crippen molar-refractivity contribution in [1.29, 1.82) is 0 Å². The highest BCUT2D eigenvalue weighted by atomic mass is 16.3. The molecule has 6 nitrogen and oxygen atoms in total. The minimum absolute atomic E-state index is 0.000442. The molecule has 1 heterocycles. The van der Waals surface area contributed by atoms with Gasteiger partial charge in [0.2, 0.25) is 5.91 Å². The molecule has 28 heavy (non-hydrogen) atoms. The van der Waals surface area contributed by atoms with Gasteiger partial charge >= 0.3 is 6.03 Å². The van der Waals surface area contributed by atoms with Crippen LogP contribution in [0, 0.1) is 5.92 Å². The maximum absolute atomic E-state index is 12.9. The van der Waals surface area contributed by atoms with Gasteiger partial charge in [-0.3, -0.25) is 4.79 Å². The van der Waals surface area contributed by atoms with Crippen LogP contribution >= 0.6 is 0 Å². The summed E-state index contributed by atoms with van der Waals surface area (Å²) in [4.78, 5) is 27.5. The minimum Gasteiger partial charge on any atom is -0.388 e. The first-order valence-corrected chi connectivity index (χ1v) is 10.6. The second-order valence-electron chi connectivity index (χ2n) is 8.36. The SMILES string of the molecule is CCCNC(=O)N1CCC(C)(O)C(NC(=O)C2CCCC2)C1c1ccccc1. The lowest BCUT2D eigenvalue weighted by molar-refractivity contribution is -0.131. The Hall–Kier alpha value is -2.08. The molecule has 2 fully saturated rings. The summed E-state index contributed by atoms with van der Waals surface area (Å²) in [6, 6.07) is 8.59. The number of likely N-dealkylation sites (tertiary alicyclic amines) is 1. The van der Waals surface area contributed by atoms with Crippen LogP contribution in [0.2, 0.25) is 0 Å². The molecular weight excluding hydrogens is 354 g/mol. The maximum atomic E-state index is 12.9. The van der Waals surface area contributed by atoms with Crippen molar-refractivity contribution < 1.29 is 14.7 Å². The highest BCUT2D eigenvalue weighted by molar-refractivity contribution is 5.80. The van der Waals surface area contributed by atoms with Gasteiger partial charge in [-0.05, 0) is 38.2 Å². The number of benzene rings is 1. The molecule has 0 spiro atoms. The molecule has 3 amide bonds. The summed E-state index contributed by atoms with van der Waals surface area (Å²) >= 11 is 0. The fraction of sp³-hybridized carbons (Fsp3) is 0.636. The van der Waals surface area contributed by atoms with E-state index < -0.39 is 17.7 Å². The van der Waals surface area contributed by atoms with Crippen molar-refractivity contribution in [3.05, 3.63) is 35.9 Å². The summed E-state index contributed by atoms with van der Waals surface area (Å²) in [5, 5.41) is 17.2. The average Bonchev–Trinajstić information content (AvgIpc) is 3.23. The molecule has 1 aromatic rings. The van der Waals surface area contributed by atoms with Gasteiger partial charge in [-0.2, -0.15) is 0 Å². The molecular formula is C22H33N3O3. The molecule has 0 aromatic heterocycles. The number of amides is 3. The Kier molecular flexibility index (Phi) is 6.60. The van der Waals surface area contributed by atoms with E-state index in [0.717, 1.165) is 37.7 Å². The summed E-state index contributed by atoms with van der Waals surface area (Å²) in [6.07, 6.45) is 5.23. The molecule has 1 aliphatic carbocycles. The van der Waals surface area contributed by atoms with E-state index in [1.807, 2.05) is 37.3 Å². The number of carbonyl (C=O) groups excluding carboxylic acids is 2. The molecule has 3 rings (SSSR count). The van der Waals surface area contributed by atoms with E-state index in [2.05, 4.69) is 10.6 Å². The van der Waals surface area contributed by atoms with E-state index in [1.54, 1.807) is 11.8 Å². The van der Waals surface area contributed by atoms with Gasteiger partial charge in [-0.1, -0.05) is 50.1 Å². The molecule has 2 aliphatic rings. The molecule has 3 N–H and O–H groups in total. The van der Waals surface area contributed by atoms with Crippen molar-refractivity contribution in [2.24, 2.45) is 5.92 Å². The van der Waals surface area contributed by atoms with E-state index in [0.29, 0.717) is 19.5 Å². The smallest absolute Gasteiger partial charge is 0.317 e. The van der Waals surface area contributed by atoms with E-state index in [-0.39, 0.29) is 17.9 Å². The van der Waals surface area contributed by atoms with Crippen LogP contribution in [-0.4, -0.2) is 46.7 Å². The second-order valence-corrected chi connectivity index (χ2v) is 8.36. The number of hydrogen-bond acceptors (Lipinski definition) is 3. The van der Waals surface area contributed by atoms with Crippen molar-refractivity contribution >= 4 is 11.9 Å². The highest BCUT2D eigenvalue weighted by Gasteiger charge is 2.48. The van der Waals surface area contributed by atoms with Crippen LogP contribution in [-0.2, 0) is 4.79 Å². The molecule has 0 radical (unpaired) electrons. The third kappa shape index (κ3) is 4.49. The third-order valence-corrected chi connectivity index (χ3v) is 6.13. The summed E-state index contributed by atoms with van der Waals surface area (Å²) in [6.45, 7) is 4.83. The first-order valence-electron chi connectivity index (χ1n) is 10.6. The number of aliphatic hydroxyl groups is 1. The number of carbonyl (C=O) groups is 2. The van der Waals surface area contributed by atoms with E-state index >= 15 is 0 Å². The van der Waals surface area contributed by atoms with Gasteiger partial charge in [0.05, 0.1) is 17.7 Å². The van der Waals surface area contributed by atoms with Crippen LogP contribution in [0.4, 0.5) is 4.79 Å². The number of nitrogens with zero attached hydrogens (tertiary/aromatic N) is 1. The number of piperidine rings is 1. The molecule has 1 saturated carbocycles. The first kappa shape index (κ1) is 20.6. The molecule has 3 atom stereocenters. The molecule has 1 saturated heterocycles. The Labute approximate surface area is 167 Å². The van der Waals surface area contributed by atoms with Crippen LogP contribution < -0.4 is 10.6 Å². The average molecular weight is 388 g/mol. The Morgan fingerprint density at radius 2 is 1.89 bits per heavy atom. The highest BCUT2D eigenvalue weighted by Crippen LogP contribution is 2.37. The van der Waals surface area contributed by atoms with Crippen molar-refractivity contribution in [3.8, 4) is 0 Å². The monoisotopic (exact) mass is 387 g/mol. The second kappa shape index (κ2) is 8.95. The van der Waals surface area contributed by atoms with Gasteiger partial charge in [0, 0.05) is 19.0 Å². The zero-order chi connectivity index (χ0) is 20.1. The Morgan fingerprint density at radius 1 is 1.21 bits per heavy atom. The number of urea groups is 1. The van der Waals surface area contributed by atoms with Crippen LogP contribution in [0.1, 0.15) is 64.0 Å². The van der Waals surface area contributed by atoms with E-state index in [9.17, 15) is 14.7 Å². The van der Waals surface area contributed by atoms with Gasteiger partial charge in [0.15, 0.2) is 0 Å². The molecule has 0 bridgehead atoms. The summed E-state index contributed by atoms with van der Waals surface area (Å²) in [7, 11) is 0. The zero-order valence-electron chi connectivity index (χ0n) is 17.0. The topological polar surface area (TPSA) is 81.7 Å². The van der Waals surface area contributed by atoms with Gasteiger partial charge in [0.25, 0.3) is 0 Å². The lowest BCUT2D eigenvalue weighted by atomic mass is 9.79. The van der Waals surface area contributed by atoms with Crippen molar-refractivity contribution in [2.45, 2.75) is 70.1 Å². The lowest BCUT2D eigenvalue weighted by Gasteiger charge is -2.49. The van der Waals surface area contributed by atoms with Crippen molar-refractivity contribution in [3.63, 3.8) is 0 Å². The zero-order valence-corrected chi connectivity index (χ0v) is 17.0. The number of nitrogens with one attached hydrogen (secondary N) is 2. The van der Waals surface area contributed by atoms with Crippen LogP contribution in [0.3, 0.4) is 0 Å². The van der Waals surface area contributed by atoms with Crippen LogP contribution in [0.5, 0.6) is 0 Å². The fourth-order valence-electron chi connectivity index (χ4n) is 4.44. The molecule has 1 aromatic carbocycles. The maximum Gasteiger partial charge on any atom is 0.317 e. The Balaban J connectivity index is 1.90. The molecule has 6 heteroatoms. The summed E-state index contributed by atoms with van der Waals surface area (Å²) < 4.78 is 0. The van der Waals surface area contributed by atoms with Gasteiger partial charge in [-0.25, -0.2) is 4.79 Å². The van der Waals surface area contributed by atoms with E-state index in [1.165, 1.54) is 0 Å². The van der Waals surface area contributed by atoms with Crippen molar-refractivity contribution in [1.82, 2.24) is 15.5 Å². The van der Waals surface area contributed by atoms with E-state index in [4.69, 9.17) is 0 Å². The quantitative estimate of drug-likeness (QED) is 0.726. The molecule has 1 aliphatic heterocycles. The van der Waals surface area contributed by atoms with Crippen LogP contribution in [0.15, 0.2) is 30.3 Å². The normalized spacial score (nSPS) is 28.2. The van der Waals surface area contributed by atoms with Crippen molar-refractivity contribution in [2.75, 3.05) is 13.1 Å². The fourth-order valence-corrected chi connectivity index (χ4v) is 4.44. The van der Waals surface area contributed by atoms with Gasteiger partial charge in [0.1, 0.15) is 0 Å². The number of hydrogen-bond donors (Lipinski definition) is 3.